The van der Waals surface area contributed by atoms with E-state index in [9.17, 15) is 8.78 Å². The fourth-order valence-corrected chi connectivity index (χ4v) is 2.80. The molecule has 20 heavy (non-hydrogen) atoms. The Labute approximate surface area is 118 Å². The van der Waals surface area contributed by atoms with Crippen molar-refractivity contribution in [1.82, 2.24) is 9.78 Å². The minimum Gasteiger partial charge on any atom is -0.409 e. The standard InChI is InChI=1S/C12H12F2N4OS/c1-6-10(11(15)17-19)12(18(2)16-6)20-7-3-4-8(13)9(14)5-7/h3-5,19H,1-2H3,(H2,15,17). The van der Waals surface area contributed by atoms with Crippen LogP contribution < -0.4 is 5.73 Å². The van der Waals surface area contributed by atoms with Gasteiger partial charge >= 0.3 is 0 Å². The summed E-state index contributed by atoms with van der Waals surface area (Å²) < 4.78 is 27.7. The summed E-state index contributed by atoms with van der Waals surface area (Å²) in [6, 6.07) is 3.57. The van der Waals surface area contributed by atoms with Gasteiger partial charge in [0, 0.05) is 11.9 Å². The Bertz CT molecular complexity index is 684. The molecule has 0 radical (unpaired) electrons. The van der Waals surface area contributed by atoms with E-state index in [1.807, 2.05) is 0 Å². The summed E-state index contributed by atoms with van der Waals surface area (Å²) in [5, 5.41) is 16.5. The molecule has 3 N–H and O–H groups in total. The van der Waals surface area contributed by atoms with Gasteiger partial charge < -0.3 is 10.9 Å². The molecule has 0 atom stereocenters. The van der Waals surface area contributed by atoms with Crippen LogP contribution in [0.2, 0.25) is 0 Å². The van der Waals surface area contributed by atoms with Gasteiger partial charge in [0.15, 0.2) is 17.5 Å². The van der Waals surface area contributed by atoms with Crippen LogP contribution in [0.4, 0.5) is 8.78 Å². The SMILES string of the molecule is Cc1nn(C)c(Sc2ccc(F)c(F)c2)c1C(N)=NO. The van der Waals surface area contributed by atoms with Crippen molar-refractivity contribution < 1.29 is 14.0 Å². The van der Waals surface area contributed by atoms with Crippen LogP contribution in [0.1, 0.15) is 11.3 Å². The van der Waals surface area contributed by atoms with E-state index in [-0.39, 0.29) is 5.84 Å². The summed E-state index contributed by atoms with van der Waals surface area (Å²) >= 11 is 1.15. The molecule has 0 unspecified atom stereocenters. The maximum absolute atomic E-state index is 13.2. The molecule has 0 aliphatic carbocycles. The minimum absolute atomic E-state index is 0.0827. The Balaban J connectivity index is 2.45. The predicted octanol–water partition coefficient (Wildman–Crippen LogP) is 2.25. The Morgan fingerprint density at radius 1 is 1.40 bits per heavy atom. The minimum atomic E-state index is -0.931. The average Bonchev–Trinajstić information content (AvgIpc) is 2.68. The number of oxime groups is 1. The van der Waals surface area contributed by atoms with Crippen LogP contribution >= 0.6 is 11.8 Å². The maximum Gasteiger partial charge on any atom is 0.174 e. The van der Waals surface area contributed by atoms with Gasteiger partial charge in [-0.1, -0.05) is 16.9 Å². The highest BCUT2D eigenvalue weighted by Crippen LogP contribution is 2.32. The molecule has 0 saturated carbocycles. The third-order valence-corrected chi connectivity index (χ3v) is 3.79. The van der Waals surface area contributed by atoms with Gasteiger partial charge in [-0.15, -0.1) is 0 Å². The number of hydrogen-bond donors (Lipinski definition) is 2. The van der Waals surface area contributed by atoms with Crippen LogP contribution in [0.15, 0.2) is 33.3 Å². The molecule has 0 saturated heterocycles. The molecule has 0 fully saturated rings. The van der Waals surface area contributed by atoms with E-state index in [0.717, 1.165) is 23.9 Å². The van der Waals surface area contributed by atoms with Crippen LogP contribution in [0.3, 0.4) is 0 Å². The zero-order valence-electron chi connectivity index (χ0n) is 10.8. The second-order valence-electron chi connectivity index (χ2n) is 4.05. The molecular weight excluding hydrogens is 286 g/mol. The molecule has 5 nitrogen and oxygen atoms in total. The summed E-state index contributed by atoms with van der Waals surface area (Å²) in [7, 11) is 1.68. The fourth-order valence-electron chi connectivity index (χ4n) is 1.75. The lowest BCUT2D eigenvalue weighted by Crippen LogP contribution is -2.14. The van der Waals surface area contributed by atoms with Crippen LogP contribution in [0.25, 0.3) is 0 Å². The summed E-state index contributed by atoms with van der Waals surface area (Å²) in [6.07, 6.45) is 0. The normalized spacial score (nSPS) is 11.9. The Morgan fingerprint density at radius 2 is 2.10 bits per heavy atom. The zero-order chi connectivity index (χ0) is 14.9. The monoisotopic (exact) mass is 298 g/mol. The highest BCUT2D eigenvalue weighted by atomic mass is 32.2. The van der Waals surface area contributed by atoms with Crippen LogP contribution in [0.5, 0.6) is 0 Å². The predicted molar refractivity (Wildman–Crippen MR) is 70.9 cm³/mol. The highest BCUT2D eigenvalue weighted by Gasteiger charge is 2.18. The van der Waals surface area contributed by atoms with Crippen LogP contribution in [-0.4, -0.2) is 20.8 Å². The van der Waals surface area contributed by atoms with Crippen molar-refractivity contribution in [2.45, 2.75) is 16.8 Å². The Morgan fingerprint density at radius 3 is 2.70 bits per heavy atom. The van der Waals surface area contributed by atoms with E-state index in [2.05, 4.69) is 10.3 Å². The zero-order valence-corrected chi connectivity index (χ0v) is 11.6. The first-order valence-corrected chi connectivity index (χ1v) is 6.40. The molecule has 8 heteroatoms. The second kappa shape index (κ2) is 5.49. The topological polar surface area (TPSA) is 76.4 Å². The van der Waals surface area contributed by atoms with Crippen molar-refractivity contribution >= 4 is 17.6 Å². The number of rotatable bonds is 3. The summed E-state index contributed by atoms with van der Waals surface area (Å²) in [5.74, 6) is -1.92. The fraction of sp³-hybridized carbons (Fsp3) is 0.167. The summed E-state index contributed by atoms with van der Waals surface area (Å²) in [4.78, 5) is 0.485. The van der Waals surface area contributed by atoms with Crippen molar-refractivity contribution in [3.63, 3.8) is 0 Å². The number of nitrogens with zero attached hydrogens (tertiary/aromatic N) is 3. The van der Waals surface area contributed by atoms with Gasteiger partial charge in [-0.3, -0.25) is 4.68 Å². The lowest BCUT2D eigenvalue weighted by atomic mass is 10.2. The largest absolute Gasteiger partial charge is 0.409 e. The molecule has 0 spiro atoms. The van der Waals surface area contributed by atoms with Gasteiger partial charge in [-0.2, -0.15) is 5.10 Å². The Kier molecular flexibility index (Phi) is 3.93. The third kappa shape index (κ3) is 2.60. The molecule has 2 aromatic rings. The lowest BCUT2D eigenvalue weighted by molar-refractivity contribution is 0.318. The molecule has 106 valence electrons. The first-order valence-electron chi connectivity index (χ1n) is 5.58. The number of aromatic nitrogens is 2. The Hall–Kier alpha value is -2.09. The quantitative estimate of drug-likeness (QED) is 0.394. The van der Waals surface area contributed by atoms with Crippen molar-refractivity contribution in [3.8, 4) is 0 Å². The number of nitrogens with two attached hydrogens (primary N) is 1. The van der Waals surface area contributed by atoms with Gasteiger partial charge in [-0.25, -0.2) is 8.78 Å². The molecule has 0 amide bonds. The van der Waals surface area contributed by atoms with E-state index < -0.39 is 11.6 Å². The van der Waals surface area contributed by atoms with E-state index in [4.69, 9.17) is 10.9 Å². The second-order valence-corrected chi connectivity index (χ2v) is 5.11. The molecule has 0 aliphatic heterocycles. The van der Waals surface area contributed by atoms with Crippen molar-refractivity contribution in [2.24, 2.45) is 17.9 Å². The molecule has 1 aromatic heterocycles. The van der Waals surface area contributed by atoms with Gasteiger partial charge in [-0.05, 0) is 25.1 Å². The molecular formula is C12H12F2N4OS. The average molecular weight is 298 g/mol. The van der Waals surface area contributed by atoms with Gasteiger partial charge in [0.05, 0.1) is 11.3 Å². The van der Waals surface area contributed by atoms with E-state index >= 15 is 0 Å². The molecule has 1 heterocycles. The number of aryl methyl sites for hydroxylation is 2. The van der Waals surface area contributed by atoms with Crippen molar-refractivity contribution in [2.75, 3.05) is 0 Å². The van der Waals surface area contributed by atoms with Crippen molar-refractivity contribution in [1.29, 1.82) is 0 Å². The van der Waals surface area contributed by atoms with E-state index in [0.29, 0.717) is 21.2 Å². The smallest absolute Gasteiger partial charge is 0.174 e. The molecule has 0 aliphatic rings. The summed E-state index contributed by atoms with van der Waals surface area (Å²) in [6.45, 7) is 1.71. The molecule has 2 rings (SSSR count). The number of hydrogen-bond acceptors (Lipinski definition) is 4. The van der Waals surface area contributed by atoms with E-state index in [1.54, 1.807) is 14.0 Å². The van der Waals surface area contributed by atoms with E-state index in [1.165, 1.54) is 10.7 Å². The lowest BCUT2D eigenvalue weighted by Gasteiger charge is -2.05. The van der Waals surface area contributed by atoms with Gasteiger partial charge in [0.2, 0.25) is 0 Å². The van der Waals surface area contributed by atoms with Crippen LogP contribution in [-0.2, 0) is 7.05 Å². The molecule has 0 bridgehead atoms. The first kappa shape index (κ1) is 14.3. The summed E-state index contributed by atoms with van der Waals surface area (Å²) in [5.41, 5.74) is 6.66. The highest BCUT2D eigenvalue weighted by molar-refractivity contribution is 7.99. The third-order valence-electron chi connectivity index (χ3n) is 2.64. The maximum atomic E-state index is 13.2. The first-order chi connectivity index (χ1) is 9.43. The van der Waals surface area contributed by atoms with Gasteiger partial charge in [0.1, 0.15) is 5.03 Å². The molecule has 1 aromatic carbocycles. The number of halogens is 2. The van der Waals surface area contributed by atoms with Gasteiger partial charge in [0.25, 0.3) is 0 Å². The number of benzene rings is 1. The van der Waals surface area contributed by atoms with Crippen molar-refractivity contribution in [3.05, 3.63) is 41.1 Å². The number of amidine groups is 1. The van der Waals surface area contributed by atoms with Crippen LogP contribution in [0, 0.1) is 18.6 Å².